The molecule has 6 aromatic carbocycles. The van der Waals surface area contributed by atoms with Crippen LogP contribution >= 0.6 is 0 Å². The summed E-state index contributed by atoms with van der Waals surface area (Å²) in [6.07, 6.45) is 2.56. The molecule has 0 saturated carbocycles. The van der Waals surface area contributed by atoms with Crippen molar-refractivity contribution in [1.29, 1.82) is 0 Å². The molecule has 8 rings (SSSR count). The Morgan fingerprint density at radius 2 is 1.12 bits per heavy atom. The molecule has 2 heterocycles. The summed E-state index contributed by atoms with van der Waals surface area (Å²) in [7, 11) is 0. The van der Waals surface area contributed by atoms with E-state index in [0.717, 1.165) is 62.7 Å². The van der Waals surface area contributed by atoms with Gasteiger partial charge in [-0.25, -0.2) is 4.98 Å². The van der Waals surface area contributed by atoms with Crippen LogP contribution in [0.5, 0.6) is 5.75 Å². The van der Waals surface area contributed by atoms with Gasteiger partial charge in [0.05, 0.1) is 5.69 Å². The number of benzene rings is 6. The zero-order valence-corrected chi connectivity index (χ0v) is 30.5. The number of hydrogen-bond acceptors (Lipinski definition) is 4. The van der Waals surface area contributed by atoms with Crippen LogP contribution in [0.4, 0.5) is 17.2 Å². The maximum Gasteiger partial charge on any atom is 0.136 e. The molecule has 5 heteroatoms. The zero-order chi connectivity index (χ0) is 34.4. The van der Waals surface area contributed by atoms with Crippen molar-refractivity contribution in [2.75, 3.05) is 4.90 Å². The summed E-state index contributed by atoms with van der Waals surface area (Å²) < 4.78 is 0. The Hall–Kier alpha value is -6.09. The molecular weight excluding hydrogens is 818 g/mol. The molecule has 0 fully saturated rings. The third-order valence-corrected chi connectivity index (χ3v) is 8.89. The Balaban J connectivity index is 0.00000420. The van der Waals surface area contributed by atoms with Crippen LogP contribution in [0.3, 0.4) is 0 Å². The van der Waals surface area contributed by atoms with Gasteiger partial charge >= 0.3 is 0 Å². The number of anilines is 3. The number of hydrogen-bond donors (Lipinski definition) is 1. The van der Waals surface area contributed by atoms with E-state index < -0.39 is 0 Å². The SMILES string of the molecule is Oc1ccc(Cc2ccccc2)cc1-c1cc(-c2ccccc2)cc(-c2[c-]c(N(c3ccccc3)c3ccccn3)cc(-c3ccccc3)c2)n1.[Pt]. The minimum absolute atomic E-state index is 0. The van der Waals surface area contributed by atoms with Crippen molar-refractivity contribution >= 4 is 17.2 Å². The van der Waals surface area contributed by atoms with Crippen molar-refractivity contribution in [3.63, 3.8) is 0 Å². The smallest absolute Gasteiger partial charge is 0.136 e. The first-order valence-corrected chi connectivity index (χ1v) is 17.0. The Kier molecular flexibility index (Phi) is 10.5. The van der Waals surface area contributed by atoms with Crippen LogP contribution in [0.15, 0.2) is 188 Å². The van der Waals surface area contributed by atoms with Crippen molar-refractivity contribution in [2.45, 2.75) is 6.42 Å². The second kappa shape index (κ2) is 15.9. The van der Waals surface area contributed by atoms with Gasteiger partial charge in [0.1, 0.15) is 11.6 Å². The summed E-state index contributed by atoms with van der Waals surface area (Å²) in [5.74, 6) is 0.964. The van der Waals surface area contributed by atoms with Gasteiger partial charge in [-0.3, -0.25) is 4.98 Å². The average Bonchev–Trinajstić information content (AvgIpc) is 3.20. The largest absolute Gasteiger partial charge is 0.507 e. The summed E-state index contributed by atoms with van der Waals surface area (Å²) in [4.78, 5) is 12.1. The standard InChI is InChI=1S/C47H34N3O.Pt/c51-46-25-24-35(27-34-15-5-1-6-16-34)28-43(46)45-33-39(37-19-9-3-10-20-37)32-44(49-45)40-29-38(36-17-7-2-8-18-36)30-42(31-40)50(41-21-11-4-12-22-41)47-23-13-14-26-48-47;/h1-26,28-30,32-33,51H,27H2;/q-1;. The zero-order valence-electron chi connectivity index (χ0n) is 28.2. The van der Waals surface area contributed by atoms with E-state index in [4.69, 9.17) is 9.97 Å². The number of aromatic hydroxyl groups is 1. The monoisotopic (exact) mass is 851 g/mol. The van der Waals surface area contributed by atoms with Gasteiger partial charge in [0, 0.05) is 38.5 Å². The molecule has 1 N–H and O–H groups in total. The van der Waals surface area contributed by atoms with Gasteiger partial charge in [-0.1, -0.05) is 133 Å². The Labute approximate surface area is 319 Å². The third-order valence-electron chi connectivity index (χ3n) is 8.89. The summed E-state index contributed by atoms with van der Waals surface area (Å²) in [5, 5.41) is 11.3. The summed E-state index contributed by atoms with van der Waals surface area (Å²) in [6, 6.07) is 65.2. The van der Waals surface area contributed by atoms with Gasteiger partial charge in [-0.2, -0.15) is 0 Å². The van der Waals surface area contributed by atoms with Crippen LogP contribution in [0.1, 0.15) is 11.1 Å². The number of aromatic nitrogens is 2. The van der Waals surface area contributed by atoms with Crippen LogP contribution in [-0.4, -0.2) is 15.1 Å². The first-order chi connectivity index (χ1) is 25.2. The van der Waals surface area contributed by atoms with Gasteiger partial charge in [0.25, 0.3) is 0 Å². The third kappa shape index (κ3) is 7.63. The van der Waals surface area contributed by atoms with E-state index in [-0.39, 0.29) is 26.8 Å². The number of nitrogens with zero attached hydrogens (tertiary/aromatic N) is 3. The molecule has 254 valence electrons. The molecule has 8 aromatic rings. The Bertz CT molecular complexity index is 2350. The molecule has 0 unspecified atom stereocenters. The van der Waals surface area contributed by atoms with Crippen LogP contribution in [0.2, 0.25) is 0 Å². The van der Waals surface area contributed by atoms with Crippen molar-refractivity contribution in [3.05, 3.63) is 205 Å². The van der Waals surface area contributed by atoms with E-state index in [2.05, 4.69) is 114 Å². The van der Waals surface area contributed by atoms with Crippen LogP contribution < -0.4 is 4.90 Å². The van der Waals surface area contributed by atoms with Crippen molar-refractivity contribution in [3.8, 4) is 50.5 Å². The maximum atomic E-state index is 11.3. The predicted octanol–water partition coefficient (Wildman–Crippen LogP) is 11.7. The molecule has 52 heavy (non-hydrogen) atoms. The topological polar surface area (TPSA) is 49.2 Å². The molecule has 0 aliphatic heterocycles. The van der Waals surface area contributed by atoms with Gasteiger partial charge in [0.15, 0.2) is 0 Å². The van der Waals surface area contributed by atoms with Gasteiger partial charge in [-0.15, -0.1) is 23.8 Å². The second-order valence-corrected chi connectivity index (χ2v) is 12.4. The molecule has 0 atom stereocenters. The quantitative estimate of drug-likeness (QED) is 0.147. The number of pyridine rings is 2. The summed E-state index contributed by atoms with van der Waals surface area (Å²) >= 11 is 0. The van der Waals surface area contributed by atoms with Crippen molar-refractivity contribution in [1.82, 2.24) is 9.97 Å². The molecule has 0 spiro atoms. The normalized spacial score (nSPS) is 10.7. The molecule has 0 aliphatic carbocycles. The van der Waals surface area contributed by atoms with E-state index >= 15 is 0 Å². The molecule has 0 bridgehead atoms. The first-order valence-electron chi connectivity index (χ1n) is 17.0. The Morgan fingerprint density at radius 3 is 1.77 bits per heavy atom. The van der Waals surface area contributed by atoms with Gasteiger partial charge in [0.2, 0.25) is 0 Å². The van der Waals surface area contributed by atoms with Crippen LogP contribution in [0, 0.1) is 6.07 Å². The molecule has 2 aromatic heterocycles. The second-order valence-electron chi connectivity index (χ2n) is 12.4. The van der Waals surface area contributed by atoms with Crippen LogP contribution in [-0.2, 0) is 27.5 Å². The van der Waals surface area contributed by atoms with E-state index in [0.29, 0.717) is 11.3 Å². The summed E-state index contributed by atoms with van der Waals surface area (Å²) in [6.45, 7) is 0. The van der Waals surface area contributed by atoms with Crippen molar-refractivity contribution in [2.24, 2.45) is 0 Å². The molecule has 0 amide bonds. The van der Waals surface area contributed by atoms with Crippen LogP contribution in [0.25, 0.3) is 44.8 Å². The van der Waals surface area contributed by atoms with Gasteiger partial charge < -0.3 is 10.0 Å². The van der Waals surface area contributed by atoms with E-state index in [9.17, 15) is 5.11 Å². The van der Waals surface area contributed by atoms with E-state index in [1.165, 1.54) is 5.56 Å². The first kappa shape index (κ1) is 34.4. The molecule has 0 saturated heterocycles. The van der Waals surface area contributed by atoms with E-state index in [1.54, 1.807) is 6.07 Å². The average molecular weight is 852 g/mol. The number of phenols is 1. The summed E-state index contributed by atoms with van der Waals surface area (Å²) in [5.41, 5.74) is 11.2. The fraction of sp³-hybridized carbons (Fsp3) is 0.0213. The Morgan fingerprint density at radius 1 is 0.519 bits per heavy atom. The maximum absolute atomic E-state index is 11.3. The van der Waals surface area contributed by atoms with Gasteiger partial charge in [-0.05, 0) is 88.1 Å². The molecule has 0 aliphatic rings. The minimum Gasteiger partial charge on any atom is -0.507 e. The number of para-hydroxylation sites is 1. The molecule has 0 radical (unpaired) electrons. The molecule has 4 nitrogen and oxygen atoms in total. The van der Waals surface area contributed by atoms with Crippen molar-refractivity contribution < 1.29 is 26.2 Å². The fourth-order valence-electron chi connectivity index (χ4n) is 6.40. The molecular formula is C47H34N3OPt-. The van der Waals surface area contributed by atoms with E-state index in [1.807, 2.05) is 79.0 Å². The minimum atomic E-state index is 0. The number of rotatable bonds is 9. The fourth-order valence-corrected chi connectivity index (χ4v) is 6.40. The predicted molar refractivity (Wildman–Crippen MR) is 208 cm³/mol. The number of phenolic OH excluding ortho intramolecular Hbond substituents is 1.